The van der Waals surface area contributed by atoms with Crippen LogP contribution in [-0.2, 0) is 5.41 Å². The largest absolute Gasteiger partial charge is 0.351 e. The summed E-state index contributed by atoms with van der Waals surface area (Å²) in [5, 5.41) is 7.28. The molecular formula is C23H42N6. The molecule has 2 heterocycles. The summed E-state index contributed by atoms with van der Waals surface area (Å²) >= 11 is 0. The molecule has 2 aliphatic rings. The zero-order valence-electron chi connectivity index (χ0n) is 19.5. The topological polar surface area (TPSA) is 66.0 Å². The molecule has 0 bridgehead atoms. The third kappa shape index (κ3) is 5.39. The van der Waals surface area contributed by atoms with E-state index in [-0.39, 0.29) is 11.0 Å². The third-order valence-electron chi connectivity index (χ3n) is 7.35. The highest BCUT2D eigenvalue weighted by molar-refractivity contribution is 5.39. The molecule has 1 aliphatic carbocycles. The van der Waals surface area contributed by atoms with Gasteiger partial charge in [-0.15, -0.1) is 0 Å². The van der Waals surface area contributed by atoms with Gasteiger partial charge in [0.25, 0.3) is 0 Å². The van der Waals surface area contributed by atoms with Gasteiger partial charge in [0.1, 0.15) is 5.82 Å². The van der Waals surface area contributed by atoms with Crippen LogP contribution in [0, 0.1) is 0 Å². The fourth-order valence-electron chi connectivity index (χ4n) is 4.69. The minimum absolute atomic E-state index is 0.0189. The van der Waals surface area contributed by atoms with Crippen LogP contribution in [0.1, 0.15) is 98.2 Å². The molecule has 6 heteroatoms. The fraction of sp³-hybridized carbons (Fsp3) is 0.870. The van der Waals surface area contributed by atoms with E-state index in [1.54, 1.807) is 0 Å². The summed E-state index contributed by atoms with van der Waals surface area (Å²) in [7, 11) is 2.16. The summed E-state index contributed by atoms with van der Waals surface area (Å²) in [6.45, 7) is 12.4. The summed E-state index contributed by atoms with van der Waals surface area (Å²) in [6, 6.07) is 0.933. The Kier molecular flexibility index (Phi) is 7.02. The molecule has 0 amide bonds. The van der Waals surface area contributed by atoms with Crippen LogP contribution in [-0.4, -0.2) is 46.2 Å². The van der Waals surface area contributed by atoms with Crippen LogP contribution in [0.2, 0.25) is 0 Å². The lowest BCUT2D eigenvalue weighted by molar-refractivity contribution is 0.270. The van der Waals surface area contributed by atoms with Gasteiger partial charge in [0, 0.05) is 30.1 Å². The molecule has 0 spiro atoms. The van der Waals surface area contributed by atoms with Gasteiger partial charge >= 0.3 is 0 Å². The van der Waals surface area contributed by atoms with Gasteiger partial charge < -0.3 is 15.5 Å². The van der Waals surface area contributed by atoms with Gasteiger partial charge in [-0.05, 0) is 58.9 Å². The second-order valence-electron chi connectivity index (χ2n) is 10.1. The Bertz CT molecular complexity index is 663. The van der Waals surface area contributed by atoms with Crippen molar-refractivity contribution in [2.45, 2.75) is 115 Å². The van der Waals surface area contributed by atoms with Gasteiger partial charge in [-0.2, -0.15) is 15.0 Å². The molecule has 2 N–H and O–H groups in total. The van der Waals surface area contributed by atoms with Gasteiger partial charge in [0.05, 0.1) is 0 Å². The maximum absolute atomic E-state index is 5.01. The van der Waals surface area contributed by atoms with E-state index in [9.17, 15) is 0 Å². The first-order chi connectivity index (χ1) is 13.8. The van der Waals surface area contributed by atoms with E-state index in [2.05, 4.69) is 57.2 Å². The van der Waals surface area contributed by atoms with E-state index in [0.717, 1.165) is 49.9 Å². The number of hydrogen-bond acceptors (Lipinski definition) is 6. The molecular weight excluding hydrogens is 360 g/mol. The predicted octanol–water partition coefficient (Wildman–Crippen LogP) is 4.66. The number of anilines is 2. The summed E-state index contributed by atoms with van der Waals surface area (Å²) in [5.41, 5.74) is 0.131. The fourth-order valence-corrected chi connectivity index (χ4v) is 4.69. The number of hydrogen-bond donors (Lipinski definition) is 2. The van der Waals surface area contributed by atoms with Crippen molar-refractivity contribution < 1.29 is 0 Å². The second-order valence-corrected chi connectivity index (χ2v) is 10.1. The first kappa shape index (κ1) is 22.3. The number of piperidine rings is 1. The molecule has 6 nitrogen and oxygen atoms in total. The maximum atomic E-state index is 5.01. The lowest BCUT2D eigenvalue weighted by Crippen LogP contribution is -2.52. The SMILES string of the molecule is CCC(C)(CC)c1nc(NC2CCCCC2)nc(N(C)C2CCNC(C)(C)C2)n1. The minimum atomic E-state index is -0.0189. The van der Waals surface area contributed by atoms with Crippen molar-refractivity contribution in [2.75, 3.05) is 23.8 Å². The second kappa shape index (κ2) is 9.15. The average Bonchev–Trinajstić information content (AvgIpc) is 2.72. The Hall–Kier alpha value is -1.43. The van der Waals surface area contributed by atoms with Crippen LogP contribution in [0.4, 0.5) is 11.9 Å². The van der Waals surface area contributed by atoms with Crippen molar-refractivity contribution in [2.24, 2.45) is 0 Å². The monoisotopic (exact) mass is 402 g/mol. The molecule has 3 rings (SSSR count). The van der Waals surface area contributed by atoms with E-state index in [4.69, 9.17) is 15.0 Å². The van der Waals surface area contributed by atoms with Crippen molar-refractivity contribution in [3.8, 4) is 0 Å². The van der Waals surface area contributed by atoms with Crippen molar-refractivity contribution in [3.05, 3.63) is 5.82 Å². The standard InChI is InChI=1S/C23H42N6/c1-7-23(5,8-2)19-26-20(25-17-12-10-9-11-13-17)28-21(27-19)29(6)18-14-15-24-22(3,4)16-18/h17-18,24H,7-16H2,1-6H3,(H,25,26,27,28). The summed E-state index contributed by atoms with van der Waals surface area (Å²) in [5.74, 6) is 2.53. The van der Waals surface area contributed by atoms with Crippen LogP contribution < -0.4 is 15.5 Å². The summed E-state index contributed by atoms with van der Waals surface area (Å²) < 4.78 is 0. The van der Waals surface area contributed by atoms with Crippen LogP contribution in [0.3, 0.4) is 0 Å². The van der Waals surface area contributed by atoms with E-state index >= 15 is 0 Å². The predicted molar refractivity (Wildman–Crippen MR) is 122 cm³/mol. The van der Waals surface area contributed by atoms with Gasteiger partial charge in [0.2, 0.25) is 11.9 Å². The van der Waals surface area contributed by atoms with Gasteiger partial charge in [-0.1, -0.05) is 40.0 Å². The highest BCUT2D eigenvalue weighted by atomic mass is 15.3. The third-order valence-corrected chi connectivity index (χ3v) is 7.35. The molecule has 1 aromatic rings. The molecule has 164 valence electrons. The van der Waals surface area contributed by atoms with Crippen molar-refractivity contribution >= 4 is 11.9 Å². The van der Waals surface area contributed by atoms with Gasteiger partial charge in [0.15, 0.2) is 0 Å². The van der Waals surface area contributed by atoms with Crippen molar-refractivity contribution in [1.29, 1.82) is 0 Å². The molecule has 29 heavy (non-hydrogen) atoms. The van der Waals surface area contributed by atoms with Crippen LogP contribution in [0.5, 0.6) is 0 Å². The zero-order chi connectivity index (χ0) is 21.1. The lowest BCUT2D eigenvalue weighted by atomic mass is 9.84. The number of rotatable bonds is 7. The number of nitrogens with one attached hydrogen (secondary N) is 2. The molecule has 1 aliphatic heterocycles. The average molecular weight is 403 g/mol. The normalized spacial score (nSPS) is 23.0. The van der Waals surface area contributed by atoms with Gasteiger partial charge in [-0.25, -0.2) is 0 Å². The summed E-state index contributed by atoms with van der Waals surface area (Å²) in [4.78, 5) is 17.1. The molecule has 1 saturated carbocycles. The highest BCUT2D eigenvalue weighted by Crippen LogP contribution is 2.32. The smallest absolute Gasteiger partial charge is 0.230 e. The van der Waals surface area contributed by atoms with Crippen LogP contribution in [0.15, 0.2) is 0 Å². The lowest BCUT2D eigenvalue weighted by Gasteiger charge is -2.41. The molecule has 2 fully saturated rings. The molecule has 0 aromatic carbocycles. The molecule has 1 atom stereocenters. The first-order valence-electron chi connectivity index (χ1n) is 11.8. The molecule has 1 unspecified atom stereocenters. The van der Waals surface area contributed by atoms with Gasteiger partial charge in [-0.3, -0.25) is 0 Å². The maximum Gasteiger partial charge on any atom is 0.230 e. The van der Waals surface area contributed by atoms with Crippen molar-refractivity contribution in [3.63, 3.8) is 0 Å². The molecule has 0 radical (unpaired) electrons. The van der Waals surface area contributed by atoms with Crippen LogP contribution in [0.25, 0.3) is 0 Å². The highest BCUT2D eigenvalue weighted by Gasteiger charge is 2.33. The zero-order valence-corrected chi connectivity index (χ0v) is 19.5. The van der Waals surface area contributed by atoms with E-state index < -0.39 is 0 Å². The summed E-state index contributed by atoms with van der Waals surface area (Å²) in [6.07, 6.45) is 10.6. The van der Waals surface area contributed by atoms with E-state index in [1.807, 2.05) is 0 Å². The Morgan fingerprint density at radius 3 is 2.38 bits per heavy atom. The van der Waals surface area contributed by atoms with E-state index in [0.29, 0.717) is 12.1 Å². The number of nitrogens with zero attached hydrogens (tertiary/aromatic N) is 4. The molecule has 1 aromatic heterocycles. The Morgan fingerprint density at radius 1 is 1.07 bits per heavy atom. The first-order valence-corrected chi connectivity index (χ1v) is 11.8. The quantitative estimate of drug-likeness (QED) is 0.691. The van der Waals surface area contributed by atoms with Crippen molar-refractivity contribution in [1.82, 2.24) is 20.3 Å². The molecule has 1 saturated heterocycles. The Labute approximate surface area is 177 Å². The Balaban J connectivity index is 1.90. The number of aromatic nitrogens is 3. The Morgan fingerprint density at radius 2 is 1.76 bits per heavy atom. The van der Waals surface area contributed by atoms with E-state index in [1.165, 1.54) is 32.1 Å². The van der Waals surface area contributed by atoms with Crippen LogP contribution >= 0.6 is 0 Å². The minimum Gasteiger partial charge on any atom is -0.351 e.